The van der Waals surface area contributed by atoms with E-state index in [1.165, 1.54) is 7.11 Å². The number of aromatic amines is 1. The van der Waals surface area contributed by atoms with Gasteiger partial charge in [-0.25, -0.2) is 4.98 Å². The summed E-state index contributed by atoms with van der Waals surface area (Å²) < 4.78 is 5.72. The van der Waals surface area contributed by atoms with Crippen molar-refractivity contribution in [3.8, 4) is 11.1 Å². The number of nitrogens with one attached hydrogen (secondary N) is 2. The van der Waals surface area contributed by atoms with Crippen molar-refractivity contribution in [2.45, 2.75) is 63.8 Å². The summed E-state index contributed by atoms with van der Waals surface area (Å²) in [4.78, 5) is 52.9. The van der Waals surface area contributed by atoms with Gasteiger partial charge < -0.3 is 24.8 Å². The molecule has 9 heteroatoms. The van der Waals surface area contributed by atoms with E-state index in [0.29, 0.717) is 37.3 Å². The minimum Gasteiger partial charge on any atom is -0.376 e. The lowest BCUT2D eigenvalue weighted by Crippen LogP contribution is -2.64. The fraction of sp³-hybridized carbons (Fsp3) is 0.371. The number of aromatic nitrogens is 2. The molecule has 2 aliphatic heterocycles. The molecule has 6 rings (SSSR count). The van der Waals surface area contributed by atoms with Crippen molar-refractivity contribution >= 4 is 28.6 Å². The monoisotopic (exact) mass is 593 g/mol. The Balaban J connectivity index is 1.20. The van der Waals surface area contributed by atoms with Gasteiger partial charge in [0, 0.05) is 42.4 Å². The summed E-state index contributed by atoms with van der Waals surface area (Å²) in [5.41, 5.74) is 3.05. The number of aryl methyl sites for hydroxylation is 1. The number of methoxy groups -OCH3 is 1. The Labute approximate surface area is 257 Å². The van der Waals surface area contributed by atoms with Crippen LogP contribution in [0.25, 0.3) is 22.0 Å². The summed E-state index contributed by atoms with van der Waals surface area (Å²) in [6, 6.07) is 22.2. The summed E-state index contributed by atoms with van der Waals surface area (Å²) in [5, 5.41) is 3.87. The van der Waals surface area contributed by atoms with Crippen LogP contribution in [0.15, 0.2) is 72.8 Å². The summed E-state index contributed by atoms with van der Waals surface area (Å²) >= 11 is 0. The standard InChI is InChI=1S/C35H39N5O4/c1-6-26-25(22-12-8-7-9-13-22)16-17-28(36-26)32(42)39-21-35(4)19-24(39)20-40(35)33(43)30(34(2,3)44-5)38-31(41)29-18-23-14-10-11-15-27(23)37-29/h7-18,24,30,37H,6,19-21H2,1-5H3,(H,38,41). The Kier molecular flexibility index (Phi) is 7.53. The smallest absolute Gasteiger partial charge is 0.272 e. The molecule has 2 saturated heterocycles. The molecule has 2 N–H and O–H groups in total. The van der Waals surface area contributed by atoms with E-state index in [-0.39, 0.29) is 23.8 Å². The number of ether oxygens (including phenoxy) is 1. The first kappa shape index (κ1) is 29.6. The van der Waals surface area contributed by atoms with Gasteiger partial charge in [-0.3, -0.25) is 14.4 Å². The van der Waals surface area contributed by atoms with Gasteiger partial charge in [0.1, 0.15) is 17.4 Å². The number of amides is 3. The highest BCUT2D eigenvalue weighted by atomic mass is 16.5. The maximum Gasteiger partial charge on any atom is 0.272 e. The predicted molar refractivity (Wildman–Crippen MR) is 169 cm³/mol. The molecule has 3 atom stereocenters. The molecule has 4 heterocycles. The van der Waals surface area contributed by atoms with E-state index in [1.807, 2.05) is 84.3 Å². The zero-order valence-electron chi connectivity index (χ0n) is 25.9. The maximum absolute atomic E-state index is 14.2. The third-order valence-corrected chi connectivity index (χ3v) is 9.33. The summed E-state index contributed by atoms with van der Waals surface area (Å²) in [5.74, 6) is -0.731. The highest BCUT2D eigenvalue weighted by molar-refractivity contribution is 6.01. The third-order valence-electron chi connectivity index (χ3n) is 9.33. The van der Waals surface area contributed by atoms with Crippen LogP contribution in [0.3, 0.4) is 0 Å². The molecule has 2 aromatic heterocycles. The number of hydrogen-bond acceptors (Lipinski definition) is 5. The number of carbonyl (C=O) groups is 3. The number of pyridine rings is 1. The van der Waals surface area contributed by atoms with Gasteiger partial charge in [-0.05, 0) is 57.4 Å². The minimum atomic E-state index is -0.979. The number of likely N-dealkylation sites (tertiary alicyclic amines) is 2. The van der Waals surface area contributed by atoms with Crippen molar-refractivity contribution in [3.05, 3.63) is 89.9 Å². The van der Waals surface area contributed by atoms with Gasteiger partial charge >= 0.3 is 0 Å². The quantitative estimate of drug-likeness (QED) is 0.304. The average Bonchev–Trinajstić information content (AvgIpc) is 3.73. The van der Waals surface area contributed by atoms with Crippen LogP contribution in [0.4, 0.5) is 0 Å². The molecule has 2 aliphatic rings. The van der Waals surface area contributed by atoms with Crippen molar-refractivity contribution in [2.75, 3.05) is 20.2 Å². The Bertz CT molecular complexity index is 1700. The molecule has 0 spiro atoms. The van der Waals surface area contributed by atoms with Crippen molar-refractivity contribution in [2.24, 2.45) is 0 Å². The van der Waals surface area contributed by atoms with E-state index in [0.717, 1.165) is 27.7 Å². The van der Waals surface area contributed by atoms with E-state index in [1.54, 1.807) is 26.0 Å². The first-order valence-electron chi connectivity index (χ1n) is 15.2. The first-order chi connectivity index (χ1) is 21.0. The Hall–Kier alpha value is -4.50. The largest absolute Gasteiger partial charge is 0.376 e. The zero-order chi connectivity index (χ0) is 31.2. The number of rotatable bonds is 8. The van der Waals surface area contributed by atoms with Crippen LogP contribution in [0.1, 0.15) is 60.8 Å². The molecule has 0 saturated carbocycles. The van der Waals surface area contributed by atoms with Gasteiger partial charge in [0.2, 0.25) is 5.91 Å². The molecular formula is C35H39N5O4. The molecule has 0 aliphatic carbocycles. The number of fused-ring (bicyclic) bond motifs is 3. The molecule has 3 amide bonds. The summed E-state index contributed by atoms with van der Waals surface area (Å²) in [7, 11) is 1.54. The van der Waals surface area contributed by atoms with E-state index in [4.69, 9.17) is 9.72 Å². The molecular weight excluding hydrogens is 554 g/mol. The molecule has 2 bridgehead atoms. The van der Waals surface area contributed by atoms with E-state index in [2.05, 4.69) is 10.3 Å². The Morgan fingerprint density at radius 3 is 2.48 bits per heavy atom. The molecule has 2 fully saturated rings. The fourth-order valence-corrected chi connectivity index (χ4v) is 6.69. The van der Waals surface area contributed by atoms with Gasteiger partial charge in [-0.2, -0.15) is 0 Å². The number of benzene rings is 2. The average molecular weight is 594 g/mol. The number of para-hydroxylation sites is 1. The van der Waals surface area contributed by atoms with E-state index in [9.17, 15) is 14.4 Å². The number of carbonyl (C=O) groups excluding carboxylic acids is 3. The van der Waals surface area contributed by atoms with Crippen molar-refractivity contribution in [1.82, 2.24) is 25.1 Å². The lowest BCUT2D eigenvalue weighted by molar-refractivity contribution is -0.146. The second-order valence-corrected chi connectivity index (χ2v) is 12.6. The molecule has 3 unspecified atom stereocenters. The molecule has 228 valence electrons. The topological polar surface area (TPSA) is 108 Å². The first-order valence-corrected chi connectivity index (χ1v) is 15.2. The molecule has 0 radical (unpaired) electrons. The van der Waals surface area contributed by atoms with Crippen molar-refractivity contribution in [3.63, 3.8) is 0 Å². The Morgan fingerprint density at radius 1 is 1.09 bits per heavy atom. The minimum absolute atomic E-state index is 0.124. The lowest BCUT2D eigenvalue weighted by Gasteiger charge is -2.44. The maximum atomic E-state index is 14.2. The van der Waals surface area contributed by atoms with Crippen LogP contribution in [0, 0.1) is 0 Å². The van der Waals surface area contributed by atoms with Crippen LogP contribution in [0.5, 0.6) is 0 Å². The van der Waals surface area contributed by atoms with Gasteiger partial charge in [0.15, 0.2) is 0 Å². The number of nitrogens with zero attached hydrogens (tertiary/aromatic N) is 3. The van der Waals surface area contributed by atoms with Crippen molar-refractivity contribution in [1.29, 1.82) is 0 Å². The molecule has 44 heavy (non-hydrogen) atoms. The number of hydrogen-bond donors (Lipinski definition) is 2. The second-order valence-electron chi connectivity index (χ2n) is 12.6. The van der Waals surface area contributed by atoms with Crippen LogP contribution >= 0.6 is 0 Å². The van der Waals surface area contributed by atoms with Gasteiger partial charge in [-0.1, -0.05) is 61.5 Å². The zero-order valence-corrected chi connectivity index (χ0v) is 25.9. The molecule has 9 nitrogen and oxygen atoms in total. The normalized spacial score (nSPS) is 20.2. The van der Waals surface area contributed by atoms with Crippen LogP contribution in [-0.2, 0) is 16.0 Å². The van der Waals surface area contributed by atoms with E-state index >= 15 is 0 Å². The lowest BCUT2D eigenvalue weighted by atomic mass is 9.94. The predicted octanol–water partition coefficient (Wildman–Crippen LogP) is 4.83. The SMILES string of the molecule is CCc1nc(C(=O)N2CC3(C)CC2CN3C(=O)C(NC(=O)c2cc3ccccc3[nH]2)C(C)(C)OC)ccc1-c1ccccc1. The molecule has 4 aromatic rings. The fourth-order valence-electron chi connectivity index (χ4n) is 6.69. The Morgan fingerprint density at radius 2 is 1.82 bits per heavy atom. The number of piperazine rings is 1. The van der Waals surface area contributed by atoms with Gasteiger partial charge in [-0.15, -0.1) is 0 Å². The van der Waals surface area contributed by atoms with Crippen molar-refractivity contribution < 1.29 is 19.1 Å². The highest BCUT2D eigenvalue weighted by Crippen LogP contribution is 2.41. The van der Waals surface area contributed by atoms with Crippen LogP contribution < -0.4 is 5.32 Å². The van der Waals surface area contributed by atoms with Gasteiger partial charge in [0.25, 0.3) is 11.8 Å². The van der Waals surface area contributed by atoms with Crippen LogP contribution in [0.2, 0.25) is 0 Å². The van der Waals surface area contributed by atoms with Crippen LogP contribution in [-0.4, -0.2) is 80.9 Å². The van der Waals surface area contributed by atoms with E-state index < -0.39 is 17.2 Å². The third kappa shape index (κ3) is 5.15. The number of H-pyrrole nitrogens is 1. The highest BCUT2D eigenvalue weighted by Gasteiger charge is 2.57. The summed E-state index contributed by atoms with van der Waals surface area (Å²) in [6.45, 7) is 8.41. The van der Waals surface area contributed by atoms with Gasteiger partial charge in [0.05, 0.1) is 17.2 Å². The summed E-state index contributed by atoms with van der Waals surface area (Å²) in [6.07, 6.45) is 1.36. The molecule has 2 aromatic carbocycles. The second kappa shape index (κ2) is 11.2.